The van der Waals surface area contributed by atoms with Gasteiger partial charge < -0.3 is 19.8 Å². The summed E-state index contributed by atoms with van der Waals surface area (Å²) in [5.41, 5.74) is 4.47. The molecule has 8 nitrogen and oxygen atoms in total. The van der Waals surface area contributed by atoms with Gasteiger partial charge in [-0.1, -0.05) is 18.2 Å². The number of amides is 1. The minimum absolute atomic E-state index is 0.241. The number of hydrogen-bond acceptors (Lipinski definition) is 7. The van der Waals surface area contributed by atoms with Crippen molar-refractivity contribution in [3.63, 3.8) is 0 Å². The number of furan rings is 1. The molecule has 0 unspecified atom stereocenters. The Kier molecular flexibility index (Phi) is 6.48. The molecule has 0 radical (unpaired) electrons. The van der Waals surface area contributed by atoms with Gasteiger partial charge in [0, 0.05) is 61.1 Å². The zero-order valence-corrected chi connectivity index (χ0v) is 21.3. The molecular weight excluding hydrogens is 486 g/mol. The number of carbonyl (C=O) groups excluding carboxylic acids is 1. The molecule has 6 rings (SSSR count). The van der Waals surface area contributed by atoms with Gasteiger partial charge in [0.25, 0.3) is 5.91 Å². The highest BCUT2D eigenvalue weighted by Crippen LogP contribution is 2.31. The quantitative estimate of drug-likeness (QED) is 0.319. The summed E-state index contributed by atoms with van der Waals surface area (Å²) in [7, 11) is 1.63. The number of hydrogen-bond donors (Lipinski definition) is 2. The summed E-state index contributed by atoms with van der Waals surface area (Å²) in [4.78, 5) is 21.3. The molecule has 37 heavy (non-hydrogen) atoms. The molecule has 2 N–H and O–H groups in total. The van der Waals surface area contributed by atoms with Crippen molar-refractivity contribution in [2.24, 2.45) is 0 Å². The number of imidazole rings is 1. The van der Waals surface area contributed by atoms with Crippen LogP contribution in [0.1, 0.15) is 16.2 Å². The van der Waals surface area contributed by atoms with E-state index in [9.17, 15) is 4.79 Å². The van der Waals surface area contributed by atoms with Gasteiger partial charge in [0.2, 0.25) is 0 Å². The summed E-state index contributed by atoms with van der Waals surface area (Å²) in [6.07, 6.45) is 2.06. The van der Waals surface area contributed by atoms with Gasteiger partial charge in [-0.3, -0.25) is 14.1 Å². The predicted octanol–water partition coefficient (Wildman–Crippen LogP) is 4.99. The number of nitrogens with zero attached hydrogens (tertiary/aromatic N) is 3. The van der Waals surface area contributed by atoms with E-state index in [0.717, 1.165) is 60.3 Å². The lowest BCUT2D eigenvalue weighted by Gasteiger charge is -2.26. The molecule has 0 aliphatic carbocycles. The predicted molar refractivity (Wildman–Crippen MR) is 145 cm³/mol. The number of aromatic nitrogens is 2. The number of piperazine rings is 1. The molecule has 5 aromatic rings. The van der Waals surface area contributed by atoms with E-state index in [1.165, 1.54) is 5.69 Å². The van der Waals surface area contributed by atoms with Crippen molar-refractivity contribution >= 4 is 27.9 Å². The number of para-hydroxylation sites is 1. The number of rotatable bonds is 7. The molecule has 1 aliphatic rings. The summed E-state index contributed by atoms with van der Waals surface area (Å²) < 4.78 is 13.2. The maximum atomic E-state index is 13.1. The second-order valence-electron chi connectivity index (χ2n) is 8.92. The van der Waals surface area contributed by atoms with Crippen molar-refractivity contribution in [3.05, 3.63) is 83.7 Å². The van der Waals surface area contributed by atoms with Crippen LogP contribution in [-0.2, 0) is 6.54 Å². The zero-order valence-electron chi connectivity index (χ0n) is 20.4. The first-order chi connectivity index (χ1) is 18.2. The fraction of sp³-hybridized carbons (Fsp3) is 0.214. The highest BCUT2D eigenvalue weighted by molar-refractivity contribution is 7.15. The Labute approximate surface area is 218 Å². The maximum Gasteiger partial charge on any atom is 0.291 e. The standard InChI is InChI=1S/C28H27N5O3S/c1-35-21-8-6-19(7-9-21)25-10-11-26(36-25)27(34)30-23-5-3-2-4-22(23)24-17-33-20(18-37-28(33)31-24)16-32-14-12-29-13-15-32/h2-11,17-18,29H,12-16H2,1H3,(H,30,34). The molecule has 1 aliphatic heterocycles. The van der Waals surface area contributed by atoms with E-state index < -0.39 is 0 Å². The van der Waals surface area contributed by atoms with E-state index in [2.05, 4.69) is 31.5 Å². The topological polar surface area (TPSA) is 84.0 Å². The number of benzene rings is 2. The van der Waals surface area contributed by atoms with E-state index in [0.29, 0.717) is 11.4 Å². The summed E-state index contributed by atoms with van der Waals surface area (Å²) in [6.45, 7) is 5.02. The Morgan fingerprint density at radius 3 is 2.73 bits per heavy atom. The minimum atomic E-state index is -0.312. The van der Waals surface area contributed by atoms with Gasteiger partial charge in [-0.15, -0.1) is 11.3 Å². The first kappa shape index (κ1) is 23.5. The maximum absolute atomic E-state index is 13.1. The lowest BCUT2D eigenvalue weighted by molar-refractivity contribution is 0.0997. The lowest BCUT2D eigenvalue weighted by atomic mass is 10.1. The van der Waals surface area contributed by atoms with Crippen molar-refractivity contribution in [3.8, 4) is 28.3 Å². The van der Waals surface area contributed by atoms with E-state index in [4.69, 9.17) is 14.1 Å². The molecule has 1 saturated heterocycles. The smallest absolute Gasteiger partial charge is 0.291 e. The van der Waals surface area contributed by atoms with E-state index in [1.54, 1.807) is 30.6 Å². The van der Waals surface area contributed by atoms with Gasteiger partial charge in [-0.25, -0.2) is 4.98 Å². The normalized spacial score (nSPS) is 14.2. The lowest BCUT2D eigenvalue weighted by Crippen LogP contribution is -2.43. The van der Waals surface area contributed by atoms with Crippen LogP contribution in [0.3, 0.4) is 0 Å². The Morgan fingerprint density at radius 1 is 1.11 bits per heavy atom. The van der Waals surface area contributed by atoms with Gasteiger partial charge in [0.05, 0.1) is 18.5 Å². The Hall–Kier alpha value is -3.92. The number of thiazole rings is 1. The molecule has 188 valence electrons. The molecule has 3 aromatic heterocycles. The highest BCUT2D eigenvalue weighted by Gasteiger charge is 2.18. The Balaban J connectivity index is 1.22. The Morgan fingerprint density at radius 2 is 1.92 bits per heavy atom. The van der Waals surface area contributed by atoms with Gasteiger partial charge in [-0.05, 0) is 42.5 Å². The monoisotopic (exact) mass is 513 g/mol. The van der Waals surface area contributed by atoms with Crippen LogP contribution in [0.25, 0.3) is 27.5 Å². The van der Waals surface area contributed by atoms with Crippen molar-refractivity contribution in [1.82, 2.24) is 19.6 Å². The van der Waals surface area contributed by atoms with Crippen molar-refractivity contribution in [2.45, 2.75) is 6.54 Å². The van der Waals surface area contributed by atoms with E-state index >= 15 is 0 Å². The van der Waals surface area contributed by atoms with E-state index in [-0.39, 0.29) is 11.7 Å². The van der Waals surface area contributed by atoms with Gasteiger partial charge in [-0.2, -0.15) is 0 Å². The molecule has 2 aromatic carbocycles. The summed E-state index contributed by atoms with van der Waals surface area (Å²) in [5, 5.41) is 8.59. The van der Waals surface area contributed by atoms with Crippen molar-refractivity contribution in [1.29, 1.82) is 0 Å². The molecule has 9 heteroatoms. The first-order valence-corrected chi connectivity index (χ1v) is 13.1. The number of methoxy groups -OCH3 is 1. The number of carbonyl (C=O) groups is 1. The Bertz CT molecular complexity index is 1530. The number of anilines is 1. The third-order valence-electron chi connectivity index (χ3n) is 6.53. The van der Waals surface area contributed by atoms with Crippen LogP contribution >= 0.6 is 11.3 Å². The summed E-state index contributed by atoms with van der Waals surface area (Å²) in [6, 6.07) is 18.7. The van der Waals surface area contributed by atoms with Gasteiger partial charge >= 0.3 is 0 Å². The van der Waals surface area contributed by atoms with Crippen LogP contribution < -0.4 is 15.4 Å². The largest absolute Gasteiger partial charge is 0.497 e. The SMILES string of the molecule is COc1ccc(-c2ccc(C(=O)Nc3ccccc3-c3cn4c(CN5CCNCC5)csc4n3)o2)cc1. The van der Waals surface area contributed by atoms with Crippen molar-refractivity contribution in [2.75, 3.05) is 38.6 Å². The number of fused-ring (bicyclic) bond motifs is 1. The van der Waals surface area contributed by atoms with Crippen LogP contribution in [0.5, 0.6) is 5.75 Å². The second-order valence-corrected chi connectivity index (χ2v) is 9.76. The van der Waals surface area contributed by atoms with Gasteiger partial charge in [0.15, 0.2) is 10.7 Å². The summed E-state index contributed by atoms with van der Waals surface area (Å²) in [5.74, 6) is 1.31. The molecule has 4 heterocycles. The molecule has 0 bridgehead atoms. The van der Waals surface area contributed by atoms with Crippen LogP contribution in [0.4, 0.5) is 5.69 Å². The molecule has 0 atom stereocenters. The van der Waals surface area contributed by atoms with Gasteiger partial charge in [0.1, 0.15) is 11.5 Å². The van der Waals surface area contributed by atoms with Crippen LogP contribution in [0, 0.1) is 0 Å². The third kappa shape index (κ3) is 4.89. The molecule has 1 fully saturated rings. The first-order valence-electron chi connectivity index (χ1n) is 12.2. The average molecular weight is 514 g/mol. The molecular formula is C28H27N5O3S. The third-order valence-corrected chi connectivity index (χ3v) is 7.42. The van der Waals surface area contributed by atoms with Crippen LogP contribution in [0.15, 0.2) is 76.7 Å². The second kappa shape index (κ2) is 10.2. The van der Waals surface area contributed by atoms with E-state index in [1.807, 2.05) is 48.5 Å². The average Bonchev–Trinajstić information content (AvgIpc) is 3.67. The molecule has 0 saturated carbocycles. The minimum Gasteiger partial charge on any atom is -0.497 e. The summed E-state index contributed by atoms with van der Waals surface area (Å²) >= 11 is 1.64. The number of ether oxygens (including phenoxy) is 1. The molecule has 0 spiro atoms. The zero-order chi connectivity index (χ0) is 25.2. The fourth-order valence-corrected chi connectivity index (χ4v) is 5.41. The van der Waals surface area contributed by atoms with Crippen molar-refractivity contribution < 1.29 is 13.9 Å². The fourth-order valence-electron chi connectivity index (χ4n) is 4.54. The van der Waals surface area contributed by atoms with Crippen LogP contribution in [0.2, 0.25) is 0 Å². The number of nitrogens with one attached hydrogen (secondary N) is 2. The molecule has 1 amide bonds. The highest BCUT2D eigenvalue weighted by atomic mass is 32.1. The van der Waals surface area contributed by atoms with Crippen LogP contribution in [-0.4, -0.2) is 53.5 Å².